The van der Waals surface area contributed by atoms with Crippen LogP contribution in [0.3, 0.4) is 0 Å². The number of para-hydroxylation sites is 1. The number of hydrogen-bond donors (Lipinski definition) is 0. The first-order chi connectivity index (χ1) is 14.6. The third-order valence-corrected chi connectivity index (χ3v) is 5.87. The smallest absolute Gasteiger partial charge is 0.319 e. The first kappa shape index (κ1) is 21.9. The van der Waals surface area contributed by atoms with Gasteiger partial charge < -0.3 is 9.47 Å². The van der Waals surface area contributed by atoms with Gasteiger partial charge in [-0.3, -0.25) is 9.36 Å². The molecular weight excluding hydrogens is 398 g/mol. The quantitative estimate of drug-likeness (QED) is 0.352. The van der Waals surface area contributed by atoms with Gasteiger partial charge in [-0.1, -0.05) is 43.3 Å². The molecule has 0 amide bonds. The fourth-order valence-corrected chi connectivity index (χ4v) is 4.30. The lowest BCUT2D eigenvalue weighted by Gasteiger charge is -2.16. The van der Waals surface area contributed by atoms with Crippen molar-refractivity contribution in [2.24, 2.45) is 0 Å². The predicted octanol–water partition coefficient (Wildman–Crippen LogP) is 5.08. The summed E-state index contributed by atoms with van der Waals surface area (Å²) in [6.07, 6.45) is 1.59. The average molecular weight is 426 g/mol. The molecule has 0 saturated heterocycles. The molecule has 1 aromatic heterocycles. The molecule has 0 saturated carbocycles. The van der Waals surface area contributed by atoms with Crippen LogP contribution in [-0.4, -0.2) is 39.7 Å². The molecule has 6 nitrogen and oxygen atoms in total. The van der Waals surface area contributed by atoms with Crippen molar-refractivity contribution in [2.75, 3.05) is 13.7 Å². The number of ether oxygens (including phenoxy) is 2. The van der Waals surface area contributed by atoms with Gasteiger partial charge in [0.15, 0.2) is 11.0 Å². The zero-order valence-corrected chi connectivity index (χ0v) is 18.6. The van der Waals surface area contributed by atoms with Crippen LogP contribution in [0.2, 0.25) is 0 Å². The molecular formula is C23H27N3O3S. The molecule has 0 aliphatic carbocycles. The number of hydrogen-bond acceptors (Lipinski definition) is 6. The van der Waals surface area contributed by atoms with Crippen molar-refractivity contribution >= 4 is 17.7 Å². The lowest BCUT2D eigenvalue weighted by atomic mass is 10.1. The van der Waals surface area contributed by atoms with Gasteiger partial charge >= 0.3 is 5.97 Å². The zero-order chi connectivity index (χ0) is 21.5. The van der Waals surface area contributed by atoms with Crippen LogP contribution in [0, 0.1) is 6.92 Å². The Morgan fingerprint density at radius 1 is 1.10 bits per heavy atom. The number of nitrogens with zero attached hydrogens (tertiary/aromatic N) is 3. The highest BCUT2D eigenvalue weighted by Gasteiger charge is 2.25. The molecule has 0 aliphatic rings. The highest BCUT2D eigenvalue weighted by atomic mass is 32.2. The van der Waals surface area contributed by atoms with E-state index in [1.54, 1.807) is 7.11 Å². The maximum atomic E-state index is 12.5. The van der Waals surface area contributed by atoms with Crippen LogP contribution >= 0.6 is 11.8 Å². The summed E-state index contributed by atoms with van der Waals surface area (Å²) < 4.78 is 12.6. The van der Waals surface area contributed by atoms with E-state index in [-0.39, 0.29) is 11.2 Å². The molecule has 3 rings (SSSR count). The van der Waals surface area contributed by atoms with Crippen molar-refractivity contribution in [1.82, 2.24) is 14.8 Å². The molecule has 1 heterocycles. The fraction of sp³-hybridized carbons (Fsp3) is 0.348. The van der Waals surface area contributed by atoms with Crippen molar-refractivity contribution in [2.45, 2.75) is 44.0 Å². The van der Waals surface area contributed by atoms with E-state index < -0.39 is 0 Å². The summed E-state index contributed by atoms with van der Waals surface area (Å²) in [4.78, 5) is 12.5. The van der Waals surface area contributed by atoms with E-state index >= 15 is 0 Å². The monoisotopic (exact) mass is 425 g/mol. The van der Waals surface area contributed by atoms with Crippen LogP contribution in [0.25, 0.3) is 17.1 Å². The topological polar surface area (TPSA) is 66.2 Å². The van der Waals surface area contributed by atoms with Gasteiger partial charge in [-0.15, -0.1) is 10.2 Å². The van der Waals surface area contributed by atoms with Gasteiger partial charge in [-0.05, 0) is 56.2 Å². The summed E-state index contributed by atoms with van der Waals surface area (Å²) in [6.45, 7) is 6.29. The van der Waals surface area contributed by atoms with Crippen molar-refractivity contribution in [3.8, 4) is 22.8 Å². The van der Waals surface area contributed by atoms with Gasteiger partial charge in [0.1, 0.15) is 11.0 Å². The fourth-order valence-electron chi connectivity index (χ4n) is 3.15. The number of carbonyl (C=O) groups excluding carboxylic acids is 1. The molecule has 158 valence electrons. The van der Waals surface area contributed by atoms with E-state index in [9.17, 15) is 4.79 Å². The van der Waals surface area contributed by atoms with E-state index in [0.717, 1.165) is 29.0 Å². The van der Waals surface area contributed by atoms with E-state index in [1.165, 1.54) is 11.8 Å². The molecule has 7 heteroatoms. The second-order valence-electron chi connectivity index (χ2n) is 6.80. The van der Waals surface area contributed by atoms with E-state index in [1.807, 2.05) is 54.0 Å². The summed E-state index contributed by atoms with van der Waals surface area (Å²) >= 11 is 1.40. The Morgan fingerprint density at radius 3 is 2.47 bits per heavy atom. The summed E-state index contributed by atoms with van der Waals surface area (Å²) in [5, 5.41) is 9.27. The van der Waals surface area contributed by atoms with Crippen LogP contribution in [0.5, 0.6) is 5.75 Å². The lowest BCUT2D eigenvalue weighted by Crippen LogP contribution is -2.21. The van der Waals surface area contributed by atoms with Gasteiger partial charge in [-0.2, -0.15) is 0 Å². The number of carbonyl (C=O) groups is 1. The van der Waals surface area contributed by atoms with Gasteiger partial charge in [0.05, 0.1) is 19.4 Å². The standard InChI is InChI=1S/C23H27N3O3S/c1-5-9-20(22(27)29-6-2)30-23-25-24-21(17-12-14-18(28-4)15-13-17)26(23)19-11-8-7-10-16(19)3/h7-8,10-15,20H,5-6,9H2,1-4H3. The van der Waals surface area contributed by atoms with Crippen molar-refractivity contribution < 1.29 is 14.3 Å². The SMILES string of the molecule is CCCC(Sc1nnc(-c2ccc(OC)cc2)n1-c1ccccc1C)C(=O)OCC. The number of rotatable bonds is 9. The first-order valence-corrected chi connectivity index (χ1v) is 11.0. The van der Waals surface area contributed by atoms with Gasteiger partial charge in [0.25, 0.3) is 0 Å². The van der Waals surface area contributed by atoms with Crippen LogP contribution in [0.4, 0.5) is 0 Å². The van der Waals surface area contributed by atoms with E-state index in [0.29, 0.717) is 24.0 Å². The number of aryl methyl sites for hydroxylation is 1. The minimum atomic E-state index is -0.328. The van der Waals surface area contributed by atoms with E-state index in [4.69, 9.17) is 9.47 Å². The maximum absolute atomic E-state index is 12.5. The number of benzene rings is 2. The Morgan fingerprint density at radius 2 is 1.83 bits per heavy atom. The van der Waals surface area contributed by atoms with Gasteiger partial charge in [-0.25, -0.2) is 0 Å². The predicted molar refractivity (Wildman–Crippen MR) is 119 cm³/mol. The molecule has 0 fully saturated rings. The molecule has 3 aromatic rings. The normalized spacial score (nSPS) is 11.9. The highest BCUT2D eigenvalue weighted by molar-refractivity contribution is 8.00. The number of aromatic nitrogens is 3. The first-order valence-electron chi connectivity index (χ1n) is 10.1. The molecule has 0 aliphatic heterocycles. The summed E-state index contributed by atoms with van der Waals surface area (Å²) in [7, 11) is 1.64. The Labute approximate surface area is 181 Å². The zero-order valence-electron chi connectivity index (χ0n) is 17.8. The highest BCUT2D eigenvalue weighted by Crippen LogP contribution is 2.33. The third kappa shape index (κ3) is 4.84. The number of methoxy groups -OCH3 is 1. The molecule has 0 bridgehead atoms. The summed E-state index contributed by atoms with van der Waals surface area (Å²) in [5.41, 5.74) is 2.99. The van der Waals surface area contributed by atoms with E-state index in [2.05, 4.69) is 30.1 Å². The maximum Gasteiger partial charge on any atom is 0.319 e. The minimum Gasteiger partial charge on any atom is -0.497 e. The summed E-state index contributed by atoms with van der Waals surface area (Å²) in [5.74, 6) is 1.28. The molecule has 0 spiro atoms. The second kappa shape index (κ2) is 10.3. The van der Waals surface area contributed by atoms with Crippen LogP contribution < -0.4 is 4.74 Å². The Balaban J connectivity index is 2.08. The van der Waals surface area contributed by atoms with Crippen LogP contribution in [0.15, 0.2) is 53.7 Å². The molecule has 0 N–H and O–H groups in total. The average Bonchev–Trinajstić information content (AvgIpc) is 3.17. The van der Waals surface area contributed by atoms with Crippen molar-refractivity contribution in [3.05, 3.63) is 54.1 Å². The number of thioether (sulfide) groups is 1. The van der Waals surface area contributed by atoms with Gasteiger partial charge in [0.2, 0.25) is 0 Å². The van der Waals surface area contributed by atoms with Gasteiger partial charge in [0, 0.05) is 5.56 Å². The molecule has 30 heavy (non-hydrogen) atoms. The largest absolute Gasteiger partial charge is 0.497 e. The molecule has 2 aromatic carbocycles. The van der Waals surface area contributed by atoms with Crippen LogP contribution in [0.1, 0.15) is 32.3 Å². The van der Waals surface area contributed by atoms with Crippen molar-refractivity contribution in [1.29, 1.82) is 0 Å². The third-order valence-electron chi connectivity index (χ3n) is 4.69. The second-order valence-corrected chi connectivity index (χ2v) is 7.97. The lowest BCUT2D eigenvalue weighted by molar-refractivity contribution is -0.142. The minimum absolute atomic E-state index is 0.213. The Bertz CT molecular complexity index is 986. The molecule has 1 atom stereocenters. The van der Waals surface area contributed by atoms with Crippen LogP contribution in [-0.2, 0) is 9.53 Å². The summed E-state index contributed by atoms with van der Waals surface area (Å²) in [6, 6.07) is 15.8. The molecule has 0 radical (unpaired) electrons. The Hall–Kier alpha value is -2.80. The molecule has 1 unspecified atom stereocenters. The van der Waals surface area contributed by atoms with Crippen molar-refractivity contribution in [3.63, 3.8) is 0 Å². The number of esters is 1. The Kier molecular flexibility index (Phi) is 7.52.